The van der Waals surface area contributed by atoms with Crippen molar-refractivity contribution in [1.82, 2.24) is 0 Å². The Morgan fingerprint density at radius 1 is 0.560 bits per heavy atom. The van der Waals surface area contributed by atoms with Crippen LogP contribution in [0.5, 0.6) is 0 Å². The highest BCUT2D eigenvalue weighted by atomic mass is 14.1. The summed E-state index contributed by atoms with van der Waals surface area (Å²) in [4.78, 5) is 0. The Morgan fingerprint density at radius 2 is 1.16 bits per heavy atom. The van der Waals surface area contributed by atoms with Gasteiger partial charge < -0.3 is 0 Å². The molecule has 0 radical (unpaired) electrons. The van der Waals surface area contributed by atoms with Gasteiger partial charge in [-0.05, 0) is 44.5 Å². The minimum absolute atomic E-state index is 0.531. The van der Waals surface area contributed by atoms with E-state index >= 15 is 0 Å². The van der Waals surface area contributed by atoms with Gasteiger partial charge in [-0.1, -0.05) is 105 Å². The lowest BCUT2D eigenvalue weighted by Crippen LogP contribution is -1.90. The zero-order chi connectivity index (χ0) is 17.2. The molecule has 0 aliphatic heterocycles. The standard InChI is InChI=1S/C25H22/c1-18(2)21-13-6-14-22(17-21)24-16-8-12-20-11-7-15-23(25(20)24)19-9-4-3-5-10-19/h3-18H,1-2H3. The molecule has 122 valence electrons. The first kappa shape index (κ1) is 15.7. The lowest BCUT2D eigenvalue weighted by Gasteiger charge is -2.14. The SMILES string of the molecule is CC(C)c1cccc(-c2cccc3cccc(-c4ccccc4)c23)c1. The van der Waals surface area contributed by atoms with Crippen LogP contribution in [0.3, 0.4) is 0 Å². The molecule has 25 heavy (non-hydrogen) atoms. The molecule has 0 aliphatic carbocycles. The maximum absolute atomic E-state index is 2.33. The third-order valence-corrected chi connectivity index (χ3v) is 4.85. The number of fused-ring (bicyclic) bond motifs is 1. The summed E-state index contributed by atoms with van der Waals surface area (Å²) in [6.45, 7) is 4.50. The van der Waals surface area contributed by atoms with Gasteiger partial charge in [0.2, 0.25) is 0 Å². The fourth-order valence-corrected chi connectivity index (χ4v) is 3.51. The van der Waals surface area contributed by atoms with Gasteiger partial charge in [0.15, 0.2) is 0 Å². The van der Waals surface area contributed by atoms with Gasteiger partial charge in [0.05, 0.1) is 0 Å². The quantitative estimate of drug-likeness (QED) is 0.371. The summed E-state index contributed by atoms with van der Waals surface area (Å²) in [5.74, 6) is 0.531. The molecule has 4 aromatic rings. The summed E-state index contributed by atoms with van der Waals surface area (Å²) < 4.78 is 0. The number of benzene rings is 4. The molecular weight excluding hydrogens is 300 g/mol. The van der Waals surface area contributed by atoms with E-state index < -0.39 is 0 Å². The van der Waals surface area contributed by atoms with Crippen molar-refractivity contribution in [2.24, 2.45) is 0 Å². The first-order valence-electron chi connectivity index (χ1n) is 8.91. The van der Waals surface area contributed by atoms with Gasteiger partial charge in [-0.15, -0.1) is 0 Å². The Morgan fingerprint density at radius 3 is 1.84 bits per heavy atom. The van der Waals surface area contributed by atoms with E-state index in [0.29, 0.717) is 5.92 Å². The molecule has 0 amide bonds. The molecule has 0 atom stereocenters. The van der Waals surface area contributed by atoms with Crippen LogP contribution in [0.25, 0.3) is 33.0 Å². The molecule has 4 aromatic carbocycles. The lowest BCUT2D eigenvalue weighted by molar-refractivity contribution is 0.867. The first-order valence-corrected chi connectivity index (χ1v) is 8.91. The Hall–Kier alpha value is -2.86. The van der Waals surface area contributed by atoms with Crippen LogP contribution in [-0.2, 0) is 0 Å². The Kier molecular flexibility index (Phi) is 4.11. The maximum atomic E-state index is 2.33. The van der Waals surface area contributed by atoms with Gasteiger partial charge in [0.25, 0.3) is 0 Å². The zero-order valence-corrected chi connectivity index (χ0v) is 14.7. The minimum Gasteiger partial charge on any atom is -0.0622 e. The number of hydrogen-bond donors (Lipinski definition) is 0. The summed E-state index contributed by atoms with van der Waals surface area (Å²) >= 11 is 0. The normalized spacial score (nSPS) is 11.2. The molecule has 0 N–H and O–H groups in total. The van der Waals surface area contributed by atoms with E-state index in [1.807, 2.05) is 0 Å². The molecule has 4 rings (SSSR count). The van der Waals surface area contributed by atoms with Crippen molar-refractivity contribution in [3.8, 4) is 22.3 Å². The summed E-state index contributed by atoms with van der Waals surface area (Å²) in [6.07, 6.45) is 0. The molecule has 0 aliphatic rings. The molecule has 0 fully saturated rings. The predicted molar refractivity (Wildman–Crippen MR) is 109 cm³/mol. The Labute approximate surface area is 149 Å². The summed E-state index contributed by atoms with van der Waals surface area (Å²) in [5.41, 5.74) is 6.54. The highest BCUT2D eigenvalue weighted by Gasteiger charge is 2.10. The fraction of sp³-hybridized carbons (Fsp3) is 0.120. The highest BCUT2D eigenvalue weighted by Crippen LogP contribution is 2.37. The van der Waals surface area contributed by atoms with Crippen LogP contribution in [0.4, 0.5) is 0 Å². The van der Waals surface area contributed by atoms with Crippen molar-refractivity contribution < 1.29 is 0 Å². The molecule has 0 bridgehead atoms. The van der Waals surface area contributed by atoms with Crippen molar-refractivity contribution in [2.75, 3.05) is 0 Å². The molecule has 0 heterocycles. The van der Waals surface area contributed by atoms with Gasteiger partial charge in [-0.3, -0.25) is 0 Å². The van der Waals surface area contributed by atoms with Crippen LogP contribution in [0.2, 0.25) is 0 Å². The second-order valence-corrected chi connectivity index (χ2v) is 6.86. The van der Waals surface area contributed by atoms with E-state index in [0.717, 1.165) is 0 Å². The van der Waals surface area contributed by atoms with E-state index in [4.69, 9.17) is 0 Å². The van der Waals surface area contributed by atoms with E-state index in [-0.39, 0.29) is 0 Å². The Balaban J connectivity index is 2.01. The second-order valence-electron chi connectivity index (χ2n) is 6.86. The predicted octanol–water partition coefficient (Wildman–Crippen LogP) is 7.30. The molecule has 0 unspecified atom stereocenters. The average molecular weight is 322 g/mol. The zero-order valence-electron chi connectivity index (χ0n) is 14.7. The van der Waals surface area contributed by atoms with E-state index in [2.05, 4.69) is 105 Å². The first-order chi connectivity index (χ1) is 12.2. The molecule has 0 saturated heterocycles. The van der Waals surface area contributed by atoms with Crippen molar-refractivity contribution in [2.45, 2.75) is 19.8 Å². The molecule has 0 spiro atoms. The van der Waals surface area contributed by atoms with Gasteiger partial charge >= 0.3 is 0 Å². The van der Waals surface area contributed by atoms with Gasteiger partial charge in [0, 0.05) is 0 Å². The molecule has 0 nitrogen and oxygen atoms in total. The number of rotatable bonds is 3. The van der Waals surface area contributed by atoms with Crippen molar-refractivity contribution >= 4 is 10.8 Å². The van der Waals surface area contributed by atoms with Crippen LogP contribution in [0, 0.1) is 0 Å². The topological polar surface area (TPSA) is 0 Å². The molecule has 0 heteroatoms. The molecule has 0 aromatic heterocycles. The van der Waals surface area contributed by atoms with Crippen LogP contribution < -0.4 is 0 Å². The minimum atomic E-state index is 0.531. The largest absolute Gasteiger partial charge is 0.0622 e. The highest BCUT2D eigenvalue weighted by molar-refractivity contribution is 6.06. The Bertz CT molecular complexity index is 1010. The van der Waals surface area contributed by atoms with Gasteiger partial charge in [-0.25, -0.2) is 0 Å². The second kappa shape index (κ2) is 6.57. The summed E-state index contributed by atoms with van der Waals surface area (Å²) in [5, 5.41) is 2.62. The third kappa shape index (κ3) is 2.96. The van der Waals surface area contributed by atoms with Gasteiger partial charge in [0.1, 0.15) is 0 Å². The van der Waals surface area contributed by atoms with Crippen LogP contribution in [-0.4, -0.2) is 0 Å². The van der Waals surface area contributed by atoms with E-state index in [9.17, 15) is 0 Å². The fourth-order valence-electron chi connectivity index (χ4n) is 3.51. The van der Waals surface area contributed by atoms with E-state index in [1.165, 1.54) is 38.6 Å². The summed E-state index contributed by atoms with van der Waals surface area (Å²) in [6, 6.07) is 32.8. The van der Waals surface area contributed by atoms with Crippen molar-refractivity contribution in [3.05, 3.63) is 96.6 Å². The number of hydrogen-bond acceptors (Lipinski definition) is 0. The van der Waals surface area contributed by atoms with Crippen LogP contribution in [0.1, 0.15) is 25.3 Å². The summed E-state index contributed by atoms with van der Waals surface area (Å²) in [7, 11) is 0. The van der Waals surface area contributed by atoms with Gasteiger partial charge in [-0.2, -0.15) is 0 Å². The maximum Gasteiger partial charge on any atom is -0.00268 e. The van der Waals surface area contributed by atoms with Crippen LogP contribution >= 0.6 is 0 Å². The average Bonchev–Trinajstić information content (AvgIpc) is 2.68. The molecular formula is C25H22. The monoisotopic (exact) mass is 322 g/mol. The van der Waals surface area contributed by atoms with Crippen molar-refractivity contribution in [1.29, 1.82) is 0 Å². The smallest absolute Gasteiger partial charge is 0.00268 e. The van der Waals surface area contributed by atoms with Crippen LogP contribution in [0.15, 0.2) is 91.0 Å². The third-order valence-electron chi connectivity index (χ3n) is 4.85. The lowest BCUT2D eigenvalue weighted by atomic mass is 9.90. The van der Waals surface area contributed by atoms with E-state index in [1.54, 1.807) is 0 Å². The molecule has 0 saturated carbocycles. The van der Waals surface area contributed by atoms with Crippen molar-refractivity contribution in [3.63, 3.8) is 0 Å².